The van der Waals surface area contributed by atoms with Gasteiger partial charge in [0.2, 0.25) is 0 Å². The van der Waals surface area contributed by atoms with Crippen molar-refractivity contribution in [2.75, 3.05) is 37.7 Å². The molecule has 1 saturated heterocycles. The number of carbonyl (C=O) groups is 1. The standard InChI is InChI=1S/C15H22FN3O2/c1-3-21-15(20)19-8-6-18(7-9-19)14-5-4-12(11(2)17)10-13(14)16/h4-5,10-11H,3,6-9,17H2,1-2H3/t11-/m0/s1. The average molecular weight is 295 g/mol. The van der Waals surface area contributed by atoms with Gasteiger partial charge in [-0.25, -0.2) is 9.18 Å². The zero-order valence-corrected chi connectivity index (χ0v) is 12.5. The second-order valence-electron chi connectivity index (χ2n) is 5.17. The molecule has 2 rings (SSSR count). The Kier molecular flexibility index (Phi) is 5.01. The molecule has 5 nitrogen and oxygen atoms in total. The fourth-order valence-corrected chi connectivity index (χ4v) is 2.41. The zero-order chi connectivity index (χ0) is 15.4. The van der Waals surface area contributed by atoms with Crippen molar-refractivity contribution in [2.24, 2.45) is 5.73 Å². The second-order valence-corrected chi connectivity index (χ2v) is 5.17. The predicted octanol–water partition coefficient (Wildman–Crippen LogP) is 2.12. The number of hydrogen-bond donors (Lipinski definition) is 1. The zero-order valence-electron chi connectivity index (χ0n) is 12.5. The van der Waals surface area contributed by atoms with Crippen LogP contribution < -0.4 is 10.6 Å². The van der Waals surface area contributed by atoms with Gasteiger partial charge >= 0.3 is 6.09 Å². The fraction of sp³-hybridized carbons (Fsp3) is 0.533. The number of nitrogens with two attached hydrogens (primary N) is 1. The smallest absolute Gasteiger partial charge is 0.409 e. The summed E-state index contributed by atoms with van der Waals surface area (Å²) in [7, 11) is 0. The monoisotopic (exact) mass is 295 g/mol. The number of ether oxygens (including phenoxy) is 1. The van der Waals surface area contributed by atoms with Crippen molar-refractivity contribution in [1.82, 2.24) is 4.90 Å². The minimum Gasteiger partial charge on any atom is -0.450 e. The van der Waals surface area contributed by atoms with Crippen LogP contribution in [-0.2, 0) is 4.74 Å². The minimum absolute atomic E-state index is 0.186. The first-order valence-corrected chi connectivity index (χ1v) is 7.24. The molecule has 0 aromatic heterocycles. The molecule has 0 bridgehead atoms. The Morgan fingerprint density at radius 1 is 1.38 bits per heavy atom. The van der Waals surface area contributed by atoms with Crippen LogP contribution in [0.3, 0.4) is 0 Å². The first-order valence-electron chi connectivity index (χ1n) is 7.24. The van der Waals surface area contributed by atoms with Crippen molar-refractivity contribution in [2.45, 2.75) is 19.9 Å². The van der Waals surface area contributed by atoms with Crippen LogP contribution >= 0.6 is 0 Å². The molecular formula is C15H22FN3O2. The van der Waals surface area contributed by atoms with Crippen molar-refractivity contribution in [3.63, 3.8) is 0 Å². The Morgan fingerprint density at radius 3 is 2.57 bits per heavy atom. The lowest BCUT2D eigenvalue weighted by Gasteiger charge is -2.35. The predicted molar refractivity (Wildman–Crippen MR) is 79.8 cm³/mol. The van der Waals surface area contributed by atoms with Gasteiger partial charge in [-0.1, -0.05) is 6.07 Å². The molecule has 1 aromatic carbocycles. The van der Waals surface area contributed by atoms with Gasteiger partial charge in [0.15, 0.2) is 0 Å². The third kappa shape index (κ3) is 3.64. The maximum absolute atomic E-state index is 14.2. The lowest BCUT2D eigenvalue weighted by atomic mass is 10.1. The first kappa shape index (κ1) is 15.6. The molecule has 6 heteroatoms. The Balaban J connectivity index is 2.01. The SMILES string of the molecule is CCOC(=O)N1CCN(c2ccc([C@H](C)N)cc2F)CC1. The second kappa shape index (κ2) is 6.76. The molecule has 116 valence electrons. The normalized spacial score (nSPS) is 16.8. The van der Waals surface area contributed by atoms with Crippen molar-refractivity contribution >= 4 is 11.8 Å². The van der Waals surface area contributed by atoms with Crippen LogP contribution in [0.15, 0.2) is 18.2 Å². The summed E-state index contributed by atoms with van der Waals surface area (Å²) >= 11 is 0. The van der Waals surface area contributed by atoms with Gasteiger partial charge in [0.25, 0.3) is 0 Å². The van der Waals surface area contributed by atoms with Gasteiger partial charge in [0, 0.05) is 32.2 Å². The molecule has 1 amide bonds. The summed E-state index contributed by atoms with van der Waals surface area (Å²) in [5.74, 6) is -0.269. The largest absolute Gasteiger partial charge is 0.450 e. The van der Waals surface area contributed by atoms with Crippen LogP contribution in [0.4, 0.5) is 14.9 Å². The number of amides is 1. The van der Waals surface area contributed by atoms with Crippen LogP contribution in [-0.4, -0.2) is 43.8 Å². The number of halogens is 1. The Labute approximate surface area is 124 Å². The molecule has 1 aromatic rings. The molecule has 0 radical (unpaired) electrons. The van der Waals surface area contributed by atoms with E-state index in [1.165, 1.54) is 6.07 Å². The summed E-state index contributed by atoms with van der Waals surface area (Å²) in [6.07, 6.45) is -0.301. The van der Waals surface area contributed by atoms with E-state index in [9.17, 15) is 9.18 Å². The van der Waals surface area contributed by atoms with Gasteiger partial charge in [-0.05, 0) is 31.5 Å². The van der Waals surface area contributed by atoms with E-state index in [0.29, 0.717) is 38.5 Å². The third-order valence-electron chi connectivity index (χ3n) is 3.64. The molecule has 0 spiro atoms. The molecular weight excluding hydrogens is 273 g/mol. The summed E-state index contributed by atoms with van der Waals surface area (Å²) in [4.78, 5) is 15.2. The summed E-state index contributed by atoms with van der Waals surface area (Å²) in [6, 6.07) is 4.90. The maximum Gasteiger partial charge on any atom is 0.409 e. The molecule has 0 aliphatic carbocycles. The topological polar surface area (TPSA) is 58.8 Å². The highest BCUT2D eigenvalue weighted by atomic mass is 19.1. The third-order valence-corrected chi connectivity index (χ3v) is 3.64. The Morgan fingerprint density at radius 2 is 2.05 bits per heavy atom. The number of piperazine rings is 1. The van der Waals surface area contributed by atoms with Gasteiger partial charge in [-0.15, -0.1) is 0 Å². The van der Waals surface area contributed by atoms with Crippen LogP contribution in [0.2, 0.25) is 0 Å². The molecule has 0 unspecified atom stereocenters. The van der Waals surface area contributed by atoms with Crippen molar-refractivity contribution in [1.29, 1.82) is 0 Å². The molecule has 2 N–H and O–H groups in total. The fourth-order valence-electron chi connectivity index (χ4n) is 2.41. The van der Waals surface area contributed by atoms with E-state index in [1.807, 2.05) is 17.9 Å². The summed E-state index contributed by atoms with van der Waals surface area (Å²) < 4.78 is 19.1. The lowest BCUT2D eigenvalue weighted by molar-refractivity contribution is 0.105. The number of carbonyl (C=O) groups excluding carboxylic acids is 1. The Bertz CT molecular complexity index is 500. The lowest BCUT2D eigenvalue weighted by Crippen LogP contribution is -2.49. The van der Waals surface area contributed by atoms with Gasteiger partial charge in [0.1, 0.15) is 5.82 Å². The highest BCUT2D eigenvalue weighted by Crippen LogP contribution is 2.24. The number of anilines is 1. The van der Waals surface area contributed by atoms with Gasteiger partial charge < -0.3 is 20.3 Å². The molecule has 1 heterocycles. The number of nitrogens with zero attached hydrogens (tertiary/aromatic N) is 2. The number of benzene rings is 1. The van der Waals surface area contributed by atoms with E-state index in [2.05, 4.69) is 0 Å². The molecule has 1 aliphatic rings. The van der Waals surface area contributed by atoms with Gasteiger partial charge in [0.05, 0.1) is 12.3 Å². The van der Waals surface area contributed by atoms with E-state index in [4.69, 9.17) is 10.5 Å². The van der Waals surface area contributed by atoms with E-state index in [-0.39, 0.29) is 18.0 Å². The van der Waals surface area contributed by atoms with Crippen molar-refractivity contribution < 1.29 is 13.9 Å². The molecule has 21 heavy (non-hydrogen) atoms. The average Bonchev–Trinajstić information content (AvgIpc) is 2.47. The molecule has 1 atom stereocenters. The first-order chi connectivity index (χ1) is 10.0. The highest BCUT2D eigenvalue weighted by Gasteiger charge is 2.23. The number of hydrogen-bond acceptors (Lipinski definition) is 4. The highest BCUT2D eigenvalue weighted by molar-refractivity contribution is 5.68. The molecule has 1 aliphatic heterocycles. The van der Waals surface area contributed by atoms with E-state index in [0.717, 1.165) is 5.56 Å². The van der Waals surface area contributed by atoms with Crippen LogP contribution in [0.25, 0.3) is 0 Å². The van der Waals surface area contributed by atoms with Crippen LogP contribution in [0.5, 0.6) is 0 Å². The van der Waals surface area contributed by atoms with Crippen LogP contribution in [0, 0.1) is 5.82 Å². The quantitative estimate of drug-likeness (QED) is 0.928. The summed E-state index contributed by atoms with van der Waals surface area (Å²) in [5, 5.41) is 0. The Hall–Kier alpha value is -1.82. The van der Waals surface area contributed by atoms with Crippen molar-refractivity contribution in [3.05, 3.63) is 29.6 Å². The summed E-state index contributed by atoms with van der Waals surface area (Å²) in [5.41, 5.74) is 7.09. The minimum atomic E-state index is -0.301. The molecule has 1 fully saturated rings. The van der Waals surface area contributed by atoms with Gasteiger partial charge in [-0.3, -0.25) is 0 Å². The van der Waals surface area contributed by atoms with Crippen molar-refractivity contribution in [3.8, 4) is 0 Å². The number of rotatable bonds is 3. The van der Waals surface area contributed by atoms with Gasteiger partial charge in [-0.2, -0.15) is 0 Å². The van der Waals surface area contributed by atoms with E-state index in [1.54, 1.807) is 17.9 Å². The summed E-state index contributed by atoms with van der Waals surface area (Å²) in [6.45, 7) is 6.23. The maximum atomic E-state index is 14.2. The van der Waals surface area contributed by atoms with E-state index < -0.39 is 0 Å². The molecule has 0 saturated carbocycles. The van der Waals surface area contributed by atoms with E-state index >= 15 is 0 Å². The van der Waals surface area contributed by atoms with Crippen LogP contribution in [0.1, 0.15) is 25.5 Å².